The molecule has 0 saturated carbocycles. The van der Waals surface area contributed by atoms with Gasteiger partial charge in [-0.25, -0.2) is 28.1 Å². The summed E-state index contributed by atoms with van der Waals surface area (Å²) in [4.78, 5) is 26.0. The van der Waals surface area contributed by atoms with Crippen molar-refractivity contribution < 1.29 is 17.6 Å². The molecule has 0 amide bonds. The van der Waals surface area contributed by atoms with Crippen molar-refractivity contribution in [2.75, 3.05) is 16.2 Å². The summed E-state index contributed by atoms with van der Waals surface area (Å²) in [7, 11) is -3.98. The number of nitrogens with two attached hydrogens (primary N) is 2. The smallest absolute Gasteiger partial charge is 0.264 e. The molecule has 184 valence electrons. The Kier molecular flexibility index (Phi) is 5.82. The molecule has 5 aromatic rings. The Morgan fingerprint density at radius 3 is 2.54 bits per heavy atom. The third kappa shape index (κ3) is 4.24. The minimum Gasteiger partial charge on any atom is -0.464 e. The molecule has 4 heterocycles. The average molecular weight is 532 g/mol. The maximum Gasteiger partial charge on any atom is 0.264 e. The van der Waals surface area contributed by atoms with Crippen LogP contribution in [-0.2, 0) is 10.0 Å². The van der Waals surface area contributed by atoms with E-state index in [9.17, 15) is 18.5 Å². The number of sulfonamides is 1. The van der Waals surface area contributed by atoms with Crippen molar-refractivity contribution in [2.45, 2.75) is 11.8 Å². The zero-order valence-corrected chi connectivity index (χ0v) is 20.7. The van der Waals surface area contributed by atoms with Crippen LogP contribution in [0, 0.1) is 18.3 Å². The van der Waals surface area contributed by atoms with Gasteiger partial charge in [-0.1, -0.05) is 0 Å². The molecule has 13 heteroatoms. The summed E-state index contributed by atoms with van der Waals surface area (Å²) in [6.07, 6.45) is 2.89. The number of nitrogen functional groups attached to an aromatic ring is 2. The average Bonchev–Trinajstić information content (AvgIpc) is 3.51. The Morgan fingerprint density at radius 2 is 1.89 bits per heavy atom. The molecule has 37 heavy (non-hydrogen) atoms. The van der Waals surface area contributed by atoms with Gasteiger partial charge >= 0.3 is 0 Å². The Labute approximate surface area is 214 Å². The number of furan rings is 1. The molecule has 0 aliphatic carbocycles. The topological polar surface area (TPSA) is 191 Å². The van der Waals surface area contributed by atoms with E-state index in [1.807, 2.05) is 6.07 Å². The summed E-state index contributed by atoms with van der Waals surface area (Å²) < 4.78 is 33.3. The Bertz CT molecular complexity index is 1820. The number of rotatable bonds is 6. The molecule has 0 aliphatic rings. The van der Waals surface area contributed by atoms with Crippen molar-refractivity contribution in [1.82, 2.24) is 15.0 Å². The minimum atomic E-state index is -3.98. The fourth-order valence-corrected chi connectivity index (χ4v) is 5.74. The molecule has 0 saturated heterocycles. The van der Waals surface area contributed by atoms with Gasteiger partial charge < -0.3 is 15.9 Å². The number of carbonyl (C=O) groups excluding carboxylic acids is 1. The van der Waals surface area contributed by atoms with Gasteiger partial charge in [0.25, 0.3) is 10.0 Å². The first-order valence-corrected chi connectivity index (χ1v) is 12.9. The molecule has 0 fully saturated rings. The number of thiophene rings is 1. The number of benzene rings is 1. The van der Waals surface area contributed by atoms with Crippen LogP contribution in [0.4, 0.5) is 17.5 Å². The molecule has 0 radical (unpaired) electrons. The number of fused-ring (bicyclic) bond motifs is 1. The number of hydrogen-bond donors (Lipinski definition) is 3. The Hall–Kier alpha value is -4.80. The first-order valence-electron chi connectivity index (χ1n) is 10.6. The number of aromatic nitrogens is 3. The van der Waals surface area contributed by atoms with E-state index in [4.69, 9.17) is 15.9 Å². The van der Waals surface area contributed by atoms with Gasteiger partial charge in [0.1, 0.15) is 32.9 Å². The third-order valence-electron chi connectivity index (χ3n) is 5.44. The second-order valence-electron chi connectivity index (χ2n) is 7.84. The molecule has 0 aliphatic heterocycles. The molecule has 5 rings (SSSR count). The highest BCUT2D eigenvalue weighted by Crippen LogP contribution is 2.43. The van der Waals surface area contributed by atoms with Crippen LogP contribution >= 0.6 is 11.3 Å². The van der Waals surface area contributed by atoms with Crippen LogP contribution in [-0.4, -0.2) is 29.2 Å². The van der Waals surface area contributed by atoms with Crippen molar-refractivity contribution in [3.05, 3.63) is 76.6 Å². The van der Waals surface area contributed by atoms with Crippen LogP contribution in [0.1, 0.15) is 26.5 Å². The number of nitrogens with one attached hydrogen (secondary N) is 1. The number of ketones is 1. The standard InChI is InChI=1S/C24H17N7O4S2/c1-12-8-9-28-24(29-12)31-37(33,34)14-6-4-13(5-7-14)20(32)21-19(26)18-17(16-3-2-10-35-16)15(11-25)22(27)30-23(18)36-21/h2-10H,26H2,1H3,(H2,27,30)(H,28,29,31). The molecule has 4 aromatic heterocycles. The van der Waals surface area contributed by atoms with Gasteiger partial charge in [0.2, 0.25) is 11.7 Å². The Balaban J connectivity index is 1.52. The number of anilines is 3. The predicted octanol–water partition coefficient (Wildman–Crippen LogP) is 3.72. The highest BCUT2D eigenvalue weighted by Gasteiger charge is 2.26. The second kappa shape index (κ2) is 9.01. The summed E-state index contributed by atoms with van der Waals surface area (Å²) >= 11 is 1.02. The van der Waals surface area contributed by atoms with Crippen LogP contribution in [0.25, 0.3) is 21.5 Å². The molecule has 0 atom stereocenters. The summed E-state index contributed by atoms with van der Waals surface area (Å²) in [6, 6.07) is 12.3. The summed E-state index contributed by atoms with van der Waals surface area (Å²) in [5, 5.41) is 10.0. The van der Waals surface area contributed by atoms with E-state index in [0.717, 1.165) is 11.3 Å². The van der Waals surface area contributed by atoms with E-state index in [1.54, 1.807) is 25.1 Å². The number of nitrogens with zero attached hydrogens (tertiary/aromatic N) is 4. The second-order valence-corrected chi connectivity index (χ2v) is 10.5. The number of hydrogen-bond acceptors (Lipinski definition) is 11. The number of aryl methyl sites for hydroxylation is 1. The van der Waals surface area contributed by atoms with Gasteiger partial charge in [-0.2, -0.15) is 5.26 Å². The lowest BCUT2D eigenvalue weighted by Crippen LogP contribution is -2.15. The van der Waals surface area contributed by atoms with Gasteiger partial charge in [0.05, 0.1) is 22.4 Å². The van der Waals surface area contributed by atoms with Gasteiger partial charge in [0.15, 0.2) is 0 Å². The van der Waals surface area contributed by atoms with Gasteiger partial charge in [-0.15, -0.1) is 11.3 Å². The normalized spacial score (nSPS) is 11.4. The van der Waals surface area contributed by atoms with Crippen LogP contribution in [0.5, 0.6) is 0 Å². The largest absolute Gasteiger partial charge is 0.464 e. The van der Waals surface area contributed by atoms with Gasteiger partial charge in [-0.05, 0) is 49.4 Å². The minimum absolute atomic E-state index is 0.0127. The predicted molar refractivity (Wildman–Crippen MR) is 138 cm³/mol. The van der Waals surface area contributed by atoms with E-state index < -0.39 is 15.8 Å². The number of carbonyl (C=O) groups is 1. The van der Waals surface area contributed by atoms with E-state index in [1.165, 1.54) is 36.7 Å². The van der Waals surface area contributed by atoms with Crippen molar-refractivity contribution in [3.8, 4) is 17.4 Å². The lowest BCUT2D eigenvalue weighted by atomic mass is 10.0. The van der Waals surface area contributed by atoms with Gasteiger partial charge in [-0.3, -0.25) is 4.79 Å². The summed E-state index contributed by atoms with van der Waals surface area (Å²) in [5.41, 5.74) is 13.8. The monoisotopic (exact) mass is 531 g/mol. The summed E-state index contributed by atoms with van der Waals surface area (Å²) in [6.45, 7) is 1.71. The molecule has 5 N–H and O–H groups in total. The third-order valence-corrected chi connectivity index (χ3v) is 7.88. The molecular formula is C24H17N7O4S2. The van der Waals surface area contributed by atoms with Crippen LogP contribution in [0.3, 0.4) is 0 Å². The van der Waals surface area contributed by atoms with Crippen LogP contribution in [0.2, 0.25) is 0 Å². The van der Waals surface area contributed by atoms with E-state index >= 15 is 0 Å². The quantitative estimate of drug-likeness (QED) is 0.272. The van der Waals surface area contributed by atoms with Crippen molar-refractivity contribution in [3.63, 3.8) is 0 Å². The molecule has 0 bridgehead atoms. The van der Waals surface area contributed by atoms with E-state index in [2.05, 4.69) is 19.7 Å². The highest BCUT2D eigenvalue weighted by molar-refractivity contribution is 7.92. The van der Waals surface area contributed by atoms with Gasteiger partial charge in [0, 0.05) is 22.8 Å². The van der Waals surface area contributed by atoms with E-state index in [0.29, 0.717) is 27.2 Å². The number of nitriles is 1. The SMILES string of the molecule is Cc1ccnc(NS(=O)(=O)c2ccc(C(=O)c3sc4nc(N)c(C#N)c(-c5ccco5)c4c3N)cc2)n1. The Morgan fingerprint density at radius 1 is 1.14 bits per heavy atom. The fourth-order valence-electron chi connectivity index (χ4n) is 3.71. The van der Waals surface area contributed by atoms with Crippen molar-refractivity contribution in [2.24, 2.45) is 0 Å². The number of pyridine rings is 1. The molecular weight excluding hydrogens is 514 g/mol. The van der Waals surface area contributed by atoms with Crippen molar-refractivity contribution >= 4 is 54.8 Å². The zero-order valence-electron chi connectivity index (χ0n) is 19.1. The first-order chi connectivity index (χ1) is 17.7. The lowest BCUT2D eigenvalue weighted by Gasteiger charge is -2.08. The zero-order chi connectivity index (χ0) is 26.3. The molecule has 0 spiro atoms. The highest BCUT2D eigenvalue weighted by atomic mass is 32.2. The van der Waals surface area contributed by atoms with Crippen LogP contribution < -0.4 is 16.2 Å². The first kappa shape index (κ1) is 23.9. The lowest BCUT2D eigenvalue weighted by molar-refractivity contribution is 0.104. The molecule has 1 aromatic carbocycles. The van der Waals surface area contributed by atoms with E-state index in [-0.39, 0.29) is 38.4 Å². The summed E-state index contributed by atoms with van der Waals surface area (Å²) in [5.74, 6) is -0.156. The maximum atomic E-state index is 13.4. The van der Waals surface area contributed by atoms with Crippen molar-refractivity contribution in [1.29, 1.82) is 5.26 Å². The van der Waals surface area contributed by atoms with Crippen LogP contribution in [0.15, 0.2) is 64.2 Å². The fraction of sp³-hybridized carbons (Fsp3) is 0.0417. The molecule has 0 unspecified atom stereocenters. The maximum absolute atomic E-state index is 13.4. The molecule has 11 nitrogen and oxygen atoms in total.